The van der Waals surface area contributed by atoms with E-state index in [1.165, 1.54) is 5.56 Å². The number of allylic oxidation sites excluding steroid dienone is 1. The third-order valence-electron chi connectivity index (χ3n) is 7.20. The molecule has 1 unspecified atom stereocenters. The van der Waals surface area contributed by atoms with Crippen molar-refractivity contribution in [3.63, 3.8) is 0 Å². The molecule has 0 saturated carbocycles. The number of halogens is 1. The van der Waals surface area contributed by atoms with Crippen molar-refractivity contribution < 1.29 is 9.53 Å². The van der Waals surface area contributed by atoms with Crippen LogP contribution in [0.25, 0.3) is 0 Å². The summed E-state index contributed by atoms with van der Waals surface area (Å²) in [5.74, 6) is 1.89. The number of benzene rings is 4. The van der Waals surface area contributed by atoms with Gasteiger partial charge >= 0.3 is 0 Å². The first-order chi connectivity index (χ1) is 20.9. The number of carbonyl (C=O) groups is 1. The summed E-state index contributed by atoms with van der Waals surface area (Å²) < 4.78 is 8.89. The van der Waals surface area contributed by atoms with Crippen LogP contribution < -0.4 is 15.4 Å². The third-order valence-corrected chi connectivity index (χ3v) is 8.63. The second-order valence-electron chi connectivity index (χ2n) is 10.3. The fraction of sp³-hybridized carbons (Fsp3) is 0.147. The lowest BCUT2D eigenvalue weighted by atomic mass is 9.95. The summed E-state index contributed by atoms with van der Waals surface area (Å²) >= 11 is 5.03. The molecule has 6 rings (SSSR count). The fourth-order valence-electron chi connectivity index (χ4n) is 4.91. The van der Waals surface area contributed by atoms with Gasteiger partial charge in [0.05, 0.1) is 5.57 Å². The minimum absolute atomic E-state index is 0.195. The van der Waals surface area contributed by atoms with E-state index in [1.54, 1.807) is 11.8 Å². The molecule has 1 aliphatic heterocycles. The molecule has 9 heteroatoms. The highest BCUT2D eigenvalue weighted by molar-refractivity contribution is 9.10. The van der Waals surface area contributed by atoms with Gasteiger partial charge in [-0.25, -0.2) is 4.68 Å². The number of aryl methyl sites for hydroxylation is 1. The van der Waals surface area contributed by atoms with Gasteiger partial charge in [0, 0.05) is 21.6 Å². The van der Waals surface area contributed by atoms with Crippen molar-refractivity contribution in [2.45, 2.75) is 37.4 Å². The van der Waals surface area contributed by atoms with Gasteiger partial charge in [-0.15, -0.1) is 5.10 Å². The van der Waals surface area contributed by atoms with Gasteiger partial charge in [-0.1, -0.05) is 100 Å². The van der Waals surface area contributed by atoms with Gasteiger partial charge in [-0.05, 0) is 66.4 Å². The summed E-state index contributed by atoms with van der Waals surface area (Å²) in [6.45, 7) is 4.34. The van der Waals surface area contributed by atoms with Crippen LogP contribution >= 0.6 is 27.7 Å². The predicted octanol–water partition coefficient (Wildman–Crippen LogP) is 8.15. The molecule has 0 radical (unpaired) electrons. The Morgan fingerprint density at radius 1 is 0.930 bits per heavy atom. The smallest absolute Gasteiger partial charge is 0.255 e. The molecule has 1 atom stereocenters. The van der Waals surface area contributed by atoms with E-state index in [1.807, 2.05) is 110 Å². The lowest BCUT2D eigenvalue weighted by Crippen LogP contribution is -2.31. The highest BCUT2D eigenvalue weighted by atomic mass is 79.9. The molecule has 4 aromatic carbocycles. The van der Waals surface area contributed by atoms with Crippen LogP contribution in [0.15, 0.2) is 124 Å². The normalized spacial score (nSPS) is 14.2. The van der Waals surface area contributed by atoms with E-state index < -0.39 is 6.04 Å². The van der Waals surface area contributed by atoms with Crippen LogP contribution in [0.5, 0.6) is 5.75 Å². The Morgan fingerprint density at radius 2 is 1.65 bits per heavy atom. The Labute approximate surface area is 263 Å². The van der Waals surface area contributed by atoms with Crippen LogP contribution in [-0.4, -0.2) is 20.7 Å². The highest BCUT2D eigenvalue weighted by Crippen LogP contribution is 2.38. The topological polar surface area (TPSA) is 81.1 Å². The molecule has 2 N–H and O–H groups in total. The van der Waals surface area contributed by atoms with Crippen LogP contribution in [0.2, 0.25) is 0 Å². The van der Waals surface area contributed by atoms with E-state index in [9.17, 15) is 4.79 Å². The van der Waals surface area contributed by atoms with E-state index in [4.69, 9.17) is 14.8 Å². The Hall–Kier alpha value is -4.34. The maximum Gasteiger partial charge on any atom is 0.255 e. The van der Waals surface area contributed by atoms with Crippen LogP contribution in [0.1, 0.15) is 35.2 Å². The Balaban J connectivity index is 1.29. The van der Waals surface area contributed by atoms with Gasteiger partial charge in [-0.2, -0.15) is 4.98 Å². The Kier molecular flexibility index (Phi) is 8.62. The van der Waals surface area contributed by atoms with Crippen LogP contribution in [-0.2, 0) is 17.2 Å². The molecule has 0 aliphatic carbocycles. The van der Waals surface area contributed by atoms with Crippen LogP contribution in [0, 0.1) is 6.92 Å². The summed E-state index contributed by atoms with van der Waals surface area (Å²) in [7, 11) is 0. The van der Waals surface area contributed by atoms with Crippen molar-refractivity contribution >= 4 is 45.2 Å². The van der Waals surface area contributed by atoms with E-state index in [0.717, 1.165) is 44.0 Å². The van der Waals surface area contributed by atoms with Crippen molar-refractivity contribution in [1.29, 1.82) is 0 Å². The SMILES string of the molecule is CC1=C(C(=O)Nc2ccccc2C)C(c2ccc(OCc3ccc(Br)cc3)cc2)n2nc(SCc3ccccc3)nc2N1. The summed E-state index contributed by atoms with van der Waals surface area (Å²) in [4.78, 5) is 18.7. The molecule has 0 spiro atoms. The quantitative estimate of drug-likeness (QED) is 0.157. The first-order valence-corrected chi connectivity index (χ1v) is 15.7. The Bertz CT molecular complexity index is 1770. The summed E-state index contributed by atoms with van der Waals surface area (Å²) in [6.07, 6.45) is 0. The second-order valence-corrected chi connectivity index (χ2v) is 12.1. The molecule has 1 aliphatic rings. The third kappa shape index (κ3) is 6.68. The number of fused-ring (bicyclic) bond motifs is 1. The monoisotopic (exact) mass is 651 g/mol. The number of hydrogen-bond donors (Lipinski definition) is 2. The average molecular weight is 653 g/mol. The highest BCUT2D eigenvalue weighted by Gasteiger charge is 2.34. The number of ether oxygens (including phenoxy) is 1. The molecule has 1 aromatic heterocycles. The fourth-order valence-corrected chi connectivity index (χ4v) is 5.96. The maximum absolute atomic E-state index is 13.9. The number of thioether (sulfide) groups is 1. The average Bonchev–Trinajstić information content (AvgIpc) is 3.43. The number of rotatable bonds is 9. The number of aromatic nitrogens is 3. The minimum atomic E-state index is -0.487. The molecule has 1 amide bonds. The molecule has 216 valence electrons. The van der Waals surface area contributed by atoms with Crippen molar-refractivity contribution in [1.82, 2.24) is 14.8 Å². The number of nitrogens with one attached hydrogen (secondary N) is 2. The van der Waals surface area contributed by atoms with Gasteiger partial charge in [0.15, 0.2) is 0 Å². The lowest BCUT2D eigenvalue weighted by molar-refractivity contribution is -0.113. The number of para-hydroxylation sites is 1. The molecule has 0 saturated heterocycles. The number of amides is 1. The van der Waals surface area contributed by atoms with Gasteiger partial charge in [0.2, 0.25) is 11.1 Å². The van der Waals surface area contributed by atoms with E-state index >= 15 is 0 Å². The standard InChI is InChI=1S/C34H30BrN5O2S/c1-22-8-6-7-11-29(22)37-32(41)30-23(2)36-33-38-34(43-21-25-9-4-3-5-10-25)39-40(33)31(30)26-14-18-28(19-15-26)42-20-24-12-16-27(35)17-13-24/h3-19,31H,20-21H2,1-2H3,(H,37,41)(H,36,38,39). The zero-order valence-electron chi connectivity index (χ0n) is 23.8. The van der Waals surface area contributed by atoms with Crippen LogP contribution in [0.4, 0.5) is 11.6 Å². The van der Waals surface area contributed by atoms with Gasteiger partial charge in [-0.3, -0.25) is 4.79 Å². The zero-order valence-corrected chi connectivity index (χ0v) is 26.2. The first-order valence-electron chi connectivity index (χ1n) is 13.9. The first kappa shape index (κ1) is 28.8. The molecule has 5 aromatic rings. The molecule has 0 bridgehead atoms. The predicted molar refractivity (Wildman–Crippen MR) is 175 cm³/mol. The largest absolute Gasteiger partial charge is 0.489 e. The molecular formula is C34H30BrN5O2S. The van der Waals surface area contributed by atoms with Crippen molar-refractivity contribution in [2.24, 2.45) is 0 Å². The maximum atomic E-state index is 13.9. The number of nitrogens with zero attached hydrogens (tertiary/aromatic N) is 3. The molecule has 0 fully saturated rings. The van der Waals surface area contributed by atoms with E-state index in [0.29, 0.717) is 23.3 Å². The number of carbonyl (C=O) groups excluding carboxylic acids is 1. The molecule has 43 heavy (non-hydrogen) atoms. The van der Waals surface area contributed by atoms with Crippen LogP contribution in [0.3, 0.4) is 0 Å². The van der Waals surface area contributed by atoms with Crippen molar-refractivity contribution in [3.8, 4) is 5.75 Å². The zero-order chi connectivity index (χ0) is 29.8. The molecule has 7 nitrogen and oxygen atoms in total. The van der Waals surface area contributed by atoms with Gasteiger partial charge < -0.3 is 15.4 Å². The van der Waals surface area contributed by atoms with Gasteiger partial charge in [0.1, 0.15) is 18.4 Å². The Morgan fingerprint density at radius 3 is 2.40 bits per heavy atom. The van der Waals surface area contributed by atoms with Crippen molar-refractivity contribution in [2.75, 3.05) is 10.6 Å². The van der Waals surface area contributed by atoms with E-state index in [-0.39, 0.29) is 5.91 Å². The van der Waals surface area contributed by atoms with Gasteiger partial charge in [0.25, 0.3) is 5.91 Å². The minimum Gasteiger partial charge on any atom is -0.489 e. The number of anilines is 2. The summed E-state index contributed by atoms with van der Waals surface area (Å²) in [5, 5.41) is 12.0. The molecular weight excluding hydrogens is 622 g/mol. The van der Waals surface area contributed by atoms with Crippen molar-refractivity contribution in [3.05, 3.63) is 141 Å². The molecule has 2 heterocycles. The lowest BCUT2D eigenvalue weighted by Gasteiger charge is -2.29. The second kappa shape index (κ2) is 12.9. The van der Waals surface area contributed by atoms with E-state index in [2.05, 4.69) is 38.7 Å². The summed E-state index contributed by atoms with van der Waals surface area (Å²) in [6, 6.07) is 33.4. The number of hydrogen-bond acceptors (Lipinski definition) is 6. The summed E-state index contributed by atoms with van der Waals surface area (Å²) in [5.41, 5.74) is 6.23.